The summed E-state index contributed by atoms with van der Waals surface area (Å²) >= 11 is 0. The number of urea groups is 1. The highest BCUT2D eigenvalue weighted by atomic mass is 16.2. The number of nitrogens with two attached hydrogens (primary N) is 1. The molecule has 3 amide bonds. The largest absolute Gasteiger partial charge is 0.325 e. The molecule has 0 radical (unpaired) electrons. The van der Waals surface area contributed by atoms with Crippen LogP contribution in [0.2, 0.25) is 0 Å². The Morgan fingerprint density at radius 2 is 1.70 bits per heavy atom. The summed E-state index contributed by atoms with van der Waals surface area (Å²) in [5, 5.41) is 2.91. The van der Waals surface area contributed by atoms with Crippen LogP contribution in [0.5, 0.6) is 0 Å². The molecule has 2 rings (SSSR count). The molecule has 5 heteroatoms. The highest BCUT2D eigenvalue weighted by Gasteiger charge is 2.52. The molecule has 1 saturated heterocycles. The lowest BCUT2D eigenvalue weighted by molar-refractivity contribution is -0.132. The van der Waals surface area contributed by atoms with Gasteiger partial charge >= 0.3 is 6.03 Å². The number of carbonyl (C=O) groups excluding carboxylic acids is 2. The van der Waals surface area contributed by atoms with Crippen molar-refractivity contribution in [1.29, 1.82) is 0 Å². The van der Waals surface area contributed by atoms with Crippen molar-refractivity contribution in [2.45, 2.75) is 58.0 Å². The molecule has 126 valence electrons. The van der Waals surface area contributed by atoms with Crippen molar-refractivity contribution in [2.75, 3.05) is 6.54 Å². The Bertz CT molecular complexity index is 593. The second-order valence-electron chi connectivity index (χ2n) is 6.52. The van der Waals surface area contributed by atoms with Crippen LogP contribution in [-0.4, -0.2) is 28.9 Å². The van der Waals surface area contributed by atoms with Gasteiger partial charge in [-0.1, -0.05) is 50.6 Å². The lowest BCUT2D eigenvalue weighted by Crippen LogP contribution is -2.52. The van der Waals surface area contributed by atoms with Crippen LogP contribution < -0.4 is 11.1 Å². The van der Waals surface area contributed by atoms with Crippen molar-refractivity contribution in [3.05, 3.63) is 35.4 Å². The third kappa shape index (κ3) is 2.98. The van der Waals surface area contributed by atoms with Gasteiger partial charge in [-0.05, 0) is 31.7 Å². The Hall–Kier alpha value is -1.88. The van der Waals surface area contributed by atoms with Gasteiger partial charge in [0.1, 0.15) is 5.54 Å². The van der Waals surface area contributed by atoms with Gasteiger partial charge in [0, 0.05) is 12.1 Å². The van der Waals surface area contributed by atoms with E-state index in [0.29, 0.717) is 19.3 Å². The minimum Gasteiger partial charge on any atom is -0.324 e. The van der Waals surface area contributed by atoms with Gasteiger partial charge in [0.25, 0.3) is 5.91 Å². The summed E-state index contributed by atoms with van der Waals surface area (Å²) in [7, 11) is 0. The summed E-state index contributed by atoms with van der Waals surface area (Å²) in [6.07, 6.45) is 1.93. The lowest BCUT2D eigenvalue weighted by atomic mass is 9.86. The zero-order chi connectivity index (χ0) is 17.3. The summed E-state index contributed by atoms with van der Waals surface area (Å²) in [5.41, 5.74) is 6.74. The van der Waals surface area contributed by atoms with E-state index in [9.17, 15) is 9.59 Å². The Labute approximate surface area is 138 Å². The molecule has 5 nitrogen and oxygen atoms in total. The van der Waals surface area contributed by atoms with Crippen LogP contribution in [0, 0.1) is 6.92 Å². The minimum atomic E-state index is -0.979. The predicted molar refractivity (Wildman–Crippen MR) is 90.9 cm³/mol. The van der Waals surface area contributed by atoms with Crippen molar-refractivity contribution in [1.82, 2.24) is 10.2 Å². The summed E-state index contributed by atoms with van der Waals surface area (Å²) < 4.78 is 0. The van der Waals surface area contributed by atoms with E-state index in [1.165, 1.54) is 4.90 Å². The van der Waals surface area contributed by atoms with Crippen LogP contribution in [0.1, 0.15) is 51.2 Å². The van der Waals surface area contributed by atoms with E-state index < -0.39 is 11.1 Å². The molecule has 1 aromatic rings. The molecule has 0 aliphatic carbocycles. The average molecular weight is 317 g/mol. The molecule has 1 fully saturated rings. The number of benzene rings is 1. The van der Waals surface area contributed by atoms with Gasteiger partial charge in [0.15, 0.2) is 0 Å². The number of rotatable bonds is 6. The fraction of sp³-hybridized carbons (Fsp3) is 0.556. The van der Waals surface area contributed by atoms with Crippen LogP contribution in [0.15, 0.2) is 24.3 Å². The molecule has 1 atom stereocenters. The maximum Gasteiger partial charge on any atom is 0.325 e. The summed E-state index contributed by atoms with van der Waals surface area (Å²) in [6.45, 7) is 8.12. The monoisotopic (exact) mass is 317 g/mol. The third-order valence-corrected chi connectivity index (χ3v) is 5.13. The van der Waals surface area contributed by atoms with E-state index in [4.69, 9.17) is 5.73 Å². The number of nitrogens with one attached hydrogen (secondary N) is 1. The maximum absolute atomic E-state index is 13.1. The minimum absolute atomic E-state index is 0.203. The van der Waals surface area contributed by atoms with Gasteiger partial charge in [0.2, 0.25) is 0 Å². The van der Waals surface area contributed by atoms with E-state index in [1.807, 2.05) is 52.0 Å². The number of amides is 3. The van der Waals surface area contributed by atoms with Crippen molar-refractivity contribution >= 4 is 11.9 Å². The van der Waals surface area contributed by atoms with Crippen LogP contribution in [0.25, 0.3) is 0 Å². The molecule has 1 aliphatic rings. The van der Waals surface area contributed by atoms with Crippen molar-refractivity contribution in [2.24, 2.45) is 5.73 Å². The Kier molecular flexibility index (Phi) is 4.80. The standard InChI is InChI=1S/C18H27N3O2/c1-5-17(19,6-2)12-21-15(22)18(7-3,20-16(21)23)14-10-8-13(4)9-11-14/h8-11H,5-7,12,19H2,1-4H3,(H,20,23). The van der Waals surface area contributed by atoms with Gasteiger partial charge in [-0.25, -0.2) is 4.79 Å². The first-order valence-electron chi connectivity index (χ1n) is 8.32. The first kappa shape index (κ1) is 17.5. The normalized spacial score (nSPS) is 21.7. The second kappa shape index (κ2) is 6.32. The summed E-state index contributed by atoms with van der Waals surface area (Å²) in [5.74, 6) is -0.203. The molecular formula is C18H27N3O2. The highest BCUT2D eigenvalue weighted by molar-refractivity contribution is 6.07. The average Bonchev–Trinajstić information content (AvgIpc) is 2.80. The van der Waals surface area contributed by atoms with Gasteiger partial charge in [-0.3, -0.25) is 9.69 Å². The van der Waals surface area contributed by atoms with E-state index in [-0.39, 0.29) is 18.5 Å². The number of hydrogen-bond acceptors (Lipinski definition) is 3. The van der Waals surface area contributed by atoms with Gasteiger partial charge in [-0.15, -0.1) is 0 Å². The Morgan fingerprint density at radius 3 is 2.17 bits per heavy atom. The molecule has 1 unspecified atom stereocenters. The number of aryl methyl sites for hydroxylation is 1. The smallest absolute Gasteiger partial charge is 0.324 e. The molecule has 0 aromatic heterocycles. The zero-order valence-electron chi connectivity index (χ0n) is 14.5. The maximum atomic E-state index is 13.1. The van der Waals surface area contributed by atoms with E-state index >= 15 is 0 Å². The van der Waals surface area contributed by atoms with Crippen LogP contribution in [0.3, 0.4) is 0 Å². The van der Waals surface area contributed by atoms with E-state index in [0.717, 1.165) is 11.1 Å². The molecular weight excluding hydrogens is 290 g/mol. The van der Waals surface area contributed by atoms with Gasteiger partial charge in [0.05, 0.1) is 0 Å². The molecule has 3 N–H and O–H groups in total. The topological polar surface area (TPSA) is 75.4 Å². The number of hydrogen-bond donors (Lipinski definition) is 2. The fourth-order valence-corrected chi connectivity index (χ4v) is 3.04. The fourth-order valence-electron chi connectivity index (χ4n) is 3.04. The first-order valence-corrected chi connectivity index (χ1v) is 8.32. The number of nitrogens with zero attached hydrogens (tertiary/aromatic N) is 1. The molecule has 0 spiro atoms. The highest BCUT2D eigenvalue weighted by Crippen LogP contribution is 2.33. The Balaban J connectivity index is 2.36. The van der Waals surface area contributed by atoms with Crippen molar-refractivity contribution in [3.63, 3.8) is 0 Å². The third-order valence-electron chi connectivity index (χ3n) is 5.13. The number of carbonyl (C=O) groups is 2. The summed E-state index contributed by atoms with van der Waals surface area (Å²) in [4.78, 5) is 26.8. The molecule has 0 bridgehead atoms. The predicted octanol–water partition coefficient (Wildman–Crippen LogP) is 2.67. The molecule has 23 heavy (non-hydrogen) atoms. The zero-order valence-corrected chi connectivity index (χ0v) is 14.5. The first-order chi connectivity index (χ1) is 10.8. The second-order valence-corrected chi connectivity index (χ2v) is 6.52. The lowest BCUT2D eigenvalue weighted by Gasteiger charge is -2.31. The molecule has 1 aliphatic heterocycles. The molecule has 1 aromatic carbocycles. The Morgan fingerprint density at radius 1 is 1.13 bits per heavy atom. The van der Waals surface area contributed by atoms with Gasteiger partial charge < -0.3 is 11.1 Å². The van der Waals surface area contributed by atoms with E-state index in [2.05, 4.69) is 5.32 Å². The quantitative estimate of drug-likeness (QED) is 0.792. The van der Waals surface area contributed by atoms with Crippen molar-refractivity contribution in [3.8, 4) is 0 Å². The van der Waals surface area contributed by atoms with Crippen LogP contribution in [0.4, 0.5) is 4.79 Å². The van der Waals surface area contributed by atoms with E-state index in [1.54, 1.807) is 0 Å². The SMILES string of the molecule is CCC(N)(CC)CN1C(=O)NC(CC)(c2ccc(C)cc2)C1=O. The molecule has 1 heterocycles. The van der Waals surface area contributed by atoms with Gasteiger partial charge in [-0.2, -0.15) is 0 Å². The number of imide groups is 1. The molecule has 0 saturated carbocycles. The van der Waals surface area contributed by atoms with Crippen molar-refractivity contribution < 1.29 is 9.59 Å². The van der Waals surface area contributed by atoms with Crippen LogP contribution in [-0.2, 0) is 10.3 Å². The summed E-state index contributed by atoms with van der Waals surface area (Å²) in [6, 6.07) is 7.39. The van der Waals surface area contributed by atoms with Crippen LogP contribution >= 0.6 is 0 Å².